The summed E-state index contributed by atoms with van der Waals surface area (Å²) in [5.74, 6) is -1.03. The van der Waals surface area contributed by atoms with E-state index < -0.39 is 5.97 Å². The van der Waals surface area contributed by atoms with E-state index in [2.05, 4.69) is 22.0 Å². The van der Waals surface area contributed by atoms with Crippen molar-refractivity contribution in [1.29, 1.82) is 0 Å². The van der Waals surface area contributed by atoms with Gasteiger partial charge in [0.25, 0.3) is 0 Å². The summed E-state index contributed by atoms with van der Waals surface area (Å²) in [5, 5.41) is 10.9. The summed E-state index contributed by atoms with van der Waals surface area (Å²) < 4.78 is 1.62. The molecule has 0 saturated carbocycles. The van der Waals surface area contributed by atoms with E-state index >= 15 is 0 Å². The van der Waals surface area contributed by atoms with Crippen LogP contribution >= 0.6 is 0 Å². The number of aromatic amines is 1. The van der Waals surface area contributed by atoms with Crippen LogP contribution in [0.25, 0.3) is 38.0 Å². The molecular weight excluding hydrogens is 350 g/mol. The summed E-state index contributed by atoms with van der Waals surface area (Å²) in [6.45, 7) is 9.52. The Hall–Kier alpha value is -3.78. The molecule has 0 bridgehead atoms. The molecule has 2 aromatic heterocycles. The number of nitrogens with zero attached hydrogens (tertiary/aromatic N) is 2. The van der Waals surface area contributed by atoms with Gasteiger partial charge >= 0.3 is 5.97 Å². The number of rotatable bonds is 4. The number of nitrogens with one attached hydrogen (secondary N) is 1. The summed E-state index contributed by atoms with van der Waals surface area (Å²) in [6.07, 6.45) is 2.52. The van der Waals surface area contributed by atoms with Gasteiger partial charge in [-0.3, -0.25) is 0 Å². The van der Waals surface area contributed by atoms with E-state index in [1.807, 2.05) is 49.5 Å². The van der Waals surface area contributed by atoms with Crippen LogP contribution in [0.2, 0.25) is 0 Å². The van der Waals surface area contributed by atoms with Crippen molar-refractivity contribution in [2.45, 2.75) is 13.3 Å². The first-order chi connectivity index (χ1) is 13.6. The number of carboxylic acid groups (broad SMARTS) is 1. The van der Waals surface area contributed by atoms with Gasteiger partial charge in [0.15, 0.2) is 0 Å². The van der Waals surface area contributed by atoms with E-state index in [0.717, 1.165) is 33.3 Å². The number of H-pyrrole nitrogens is 1. The molecule has 4 aromatic rings. The Labute approximate surface area is 162 Å². The predicted molar refractivity (Wildman–Crippen MR) is 111 cm³/mol. The molecule has 2 aromatic carbocycles. The molecule has 5 nitrogen and oxygen atoms in total. The smallest absolute Gasteiger partial charge is 0.351 e. The first-order valence-electron chi connectivity index (χ1n) is 9.06. The Morgan fingerprint density at radius 1 is 1.14 bits per heavy atom. The Balaban J connectivity index is 1.88. The number of aromatic carboxylic acids is 1. The van der Waals surface area contributed by atoms with Crippen LogP contribution in [-0.2, 0) is 13.5 Å². The van der Waals surface area contributed by atoms with Gasteiger partial charge in [-0.25, -0.2) is 9.64 Å². The highest BCUT2D eigenvalue weighted by Crippen LogP contribution is 2.40. The lowest BCUT2D eigenvalue weighted by Gasteiger charge is -2.08. The van der Waals surface area contributed by atoms with Crippen molar-refractivity contribution in [3.63, 3.8) is 0 Å². The van der Waals surface area contributed by atoms with Crippen LogP contribution < -0.4 is 0 Å². The van der Waals surface area contributed by atoms with Crippen LogP contribution in [0, 0.1) is 6.57 Å². The maximum atomic E-state index is 11.9. The van der Waals surface area contributed by atoms with Gasteiger partial charge in [-0.05, 0) is 29.0 Å². The average Bonchev–Trinajstić information content (AvgIpc) is 3.29. The monoisotopic (exact) mass is 369 g/mol. The highest BCUT2D eigenvalue weighted by atomic mass is 16.4. The lowest BCUT2D eigenvalue weighted by Crippen LogP contribution is -2.07. The minimum atomic E-state index is -1.03. The molecule has 2 N–H and O–H groups in total. The molecule has 0 unspecified atom stereocenters. The third-order valence-electron chi connectivity index (χ3n) is 5.21. The number of hydrogen-bond donors (Lipinski definition) is 2. The molecule has 0 aliphatic rings. The van der Waals surface area contributed by atoms with Crippen molar-refractivity contribution in [3.8, 4) is 22.3 Å². The number of carbonyl (C=O) groups is 1. The Morgan fingerprint density at radius 3 is 2.50 bits per heavy atom. The van der Waals surface area contributed by atoms with Crippen molar-refractivity contribution < 1.29 is 9.90 Å². The van der Waals surface area contributed by atoms with Crippen molar-refractivity contribution in [2.24, 2.45) is 7.05 Å². The van der Waals surface area contributed by atoms with E-state index in [9.17, 15) is 9.90 Å². The maximum Gasteiger partial charge on any atom is 0.351 e. The van der Waals surface area contributed by atoms with Gasteiger partial charge in [-0.15, -0.1) is 0 Å². The first kappa shape index (κ1) is 17.6. The number of fused-ring (bicyclic) bond motifs is 1. The third-order valence-corrected chi connectivity index (χ3v) is 5.21. The van der Waals surface area contributed by atoms with Crippen LogP contribution in [0.4, 0.5) is 5.69 Å². The number of carboxylic acids is 1. The van der Waals surface area contributed by atoms with Gasteiger partial charge in [0.05, 0.1) is 12.1 Å². The van der Waals surface area contributed by atoms with Gasteiger partial charge in [0, 0.05) is 30.1 Å². The van der Waals surface area contributed by atoms with Crippen LogP contribution in [0.15, 0.2) is 54.7 Å². The van der Waals surface area contributed by atoms with Gasteiger partial charge in [-0.2, -0.15) is 0 Å². The number of hydrogen-bond acceptors (Lipinski definition) is 1. The molecule has 0 aliphatic carbocycles. The van der Waals surface area contributed by atoms with E-state index in [0.29, 0.717) is 17.7 Å². The zero-order chi connectivity index (χ0) is 19.8. The zero-order valence-corrected chi connectivity index (χ0v) is 15.7. The van der Waals surface area contributed by atoms with Gasteiger partial charge in [-0.1, -0.05) is 49.4 Å². The molecule has 138 valence electrons. The molecule has 4 rings (SSSR count). The van der Waals surface area contributed by atoms with Crippen molar-refractivity contribution in [2.75, 3.05) is 0 Å². The largest absolute Gasteiger partial charge is 0.477 e. The summed E-state index contributed by atoms with van der Waals surface area (Å²) in [6, 6.07) is 15.9. The minimum Gasteiger partial charge on any atom is -0.477 e. The van der Waals surface area contributed by atoms with E-state index in [1.165, 1.54) is 0 Å². The topological polar surface area (TPSA) is 62.4 Å². The van der Waals surface area contributed by atoms with Crippen LogP contribution in [0.1, 0.15) is 23.1 Å². The molecule has 2 heterocycles. The number of para-hydroxylation sites is 1. The highest BCUT2D eigenvalue weighted by molar-refractivity contribution is 6.01. The van der Waals surface area contributed by atoms with Crippen LogP contribution in [0.5, 0.6) is 0 Å². The minimum absolute atomic E-state index is 0.155. The van der Waals surface area contributed by atoms with Crippen molar-refractivity contribution in [1.82, 2.24) is 9.55 Å². The van der Waals surface area contributed by atoms with Gasteiger partial charge in [0.2, 0.25) is 5.69 Å². The highest BCUT2D eigenvalue weighted by Gasteiger charge is 2.25. The standard InChI is InChI=1S/C23H19N3O2/c1-4-18-21(24-2)19(22(23(27)28)26(18)3)15-10-8-14(9-11-15)17-7-5-6-16-12-13-25-20(16)17/h5-13,25H,4H2,1,3H3,(H,27,28). The quantitative estimate of drug-likeness (QED) is 0.457. The van der Waals surface area contributed by atoms with Crippen molar-refractivity contribution in [3.05, 3.63) is 77.5 Å². The third kappa shape index (κ3) is 2.58. The SMILES string of the molecule is [C-]#[N+]c1c(-c2ccc(-c3cccc4cc[nH]c34)cc2)c(C(=O)O)n(C)c1CC. The molecular formula is C23H19N3O2. The maximum absolute atomic E-state index is 11.9. The normalized spacial score (nSPS) is 10.9. The molecule has 5 heteroatoms. The van der Waals surface area contributed by atoms with E-state index in [4.69, 9.17) is 6.57 Å². The molecule has 0 fully saturated rings. The second-order valence-electron chi connectivity index (χ2n) is 6.67. The lowest BCUT2D eigenvalue weighted by molar-refractivity contribution is 0.0687. The molecule has 0 saturated heterocycles. The second kappa shape index (κ2) is 6.75. The van der Waals surface area contributed by atoms with Gasteiger partial charge < -0.3 is 14.7 Å². The summed E-state index contributed by atoms with van der Waals surface area (Å²) in [5.41, 5.74) is 5.72. The molecule has 0 amide bonds. The summed E-state index contributed by atoms with van der Waals surface area (Å²) >= 11 is 0. The fraction of sp³-hybridized carbons (Fsp3) is 0.130. The summed E-state index contributed by atoms with van der Waals surface area (Å²) in [7, 11) is 1.71. The lowest BCUT2D eigenvalue weighted by atomic mass is 9.98. The Bertz CT molecular complexity index is 1240. The van der Waals surface area contributed by atoms with E-state index in [1.54, 1.807) is 11.6 Å². The molecule has 0 aliphatic heterocycles. The van der Waals surface area contributed by atoms with Gasteiger partial charge in [0.1, 0.15) is 5.69 Å². The predicted octanol–water partition coefficient (Wildman–Crippen LogP) is 5.65. The number of benzene rings is 2. The fourth-order valence-electron chi connectivity index (χ4n) is 3.91. The summed E-state index contributed by atoms with van der Waals surface area (Å²) in [4.78, 5) is 18.8. The van der Waals surface area contributed by atoms with E-state index in [-0.39, 0.29) is 5.69 Å². The molecule has 0 atom stereocenters. The fourth-order valence-corrected chi connectivity index (χ4v) is 3.91. The Morgan fingerprint density at radius 2 is 1.86 bits per heavy atom. The van der Waals surface area contributed by atoms with Crippen LogP contribution in [-0.4, -0.2) is 20.6 Å². The second-order valence-corrected chi connectivity index (χ2v) is 6.67. The average molecular weight is 369 g/mol. The number of aromatic nitrogens is 2. The zero-order valence-electron chi connectivity index (χ0n) is 15.7. The molecule has 0 spiro atoms. The van der Waals surface area contributed by atoms with Crippen LogP contribution in [0.3, 0.4) is 0 Å². The Kier molecular flexibility index (Phi) is 4.25. The van der Waals surface area contributed by atoms with Crippen molar-refractivity contribution >= 4 is 22.6 Å². The molecule has 0 radical (unpaired) electrons. The molecule has 28 heavy (non-hydrogen) atoms. The first-order valence-corrected chi connectivity index (χ1v) is 9.06.